The van der Waals surface area contributed by atoms with Gasteiger partial charge < -0.3 is 5.73 Å². The summed E-state index contributed by atoms with van der Waals surface area (Å²) in [6.07, 6.45) is 0.664. The first-order valence-corrected chi connectivity index (χ1v) is 8.96. The molecular weight excluding hydrogens is 308 g/mol. The summed E-state index contributed by atoms with van der Waals surface area (Å²) < 4.78 is 35.6. The average molecular weight is 326 g/mol. The summed E-state index contributed by atoms with van der Waals surface area (Å²) in [4.78, 5) is 0.236. The van der Waals surface area contributed by atoms with E-state index in [-0.39, 0.29) is 16.4 Å². The molecule has 1 aromatic heterocycles. The SMILES string of the molecule is CC1(C)CN(S(=O)(=O)c2cccc3nsnc23)CCC1N. The van der Waals surface area contributed by atoms with E-state index >= 15 is 0 Å². The second kappa shape index (κ2) is 4.98. The molecule has 1 unspecified atom stereocenters. The van der Waals surface area contributed by atoms with Crippen LogP contribution in [-0.2, 0) is 10.0 Å². The minimum absolute atomic E-state index is 0.0145. The molecule has 0 spiro atoms. The first-order valence-electron chi connectivity index (χ1n) is 6.79. The maximum atomic E-state index is 12.9. The Bertz CT molecular complexity index is 769. The van der Waals surface area contributed by atoms with Crippen molar-refractivity contribution in [1.82, 2.24) is 13.1 Å². The fourth-order valence-electron chi connectivity index (χ4n) is 2.66. The molecule has 1 fully saturated rings. The van der Waals surface area contributed by atoms with Gasteiger partial charge in [0.05, 0.1) is 11.7 Å². The Hall–Kier alpha value is -1.09. The summed E-state index contributed by atoms with van der Waals surface area (Å²) in [5.74, 6) is 0. The number of hydrogen-bond acceptors (Lipinski definition) is 6. The van der Waals surface area contributed by atoms with Crippen molar-refractivity contribution in [1.29, 1.82) is 0 Å². The van der Waals surface area contributed by atoms with Gasteiger partial charge in [0.15, 0.2) is 0 Å². The van der Waals surface area contributed by atoms with E-state index < -0.39 is 10.0 Å². The highest BCUT2D eigenvalue weighted by Crippen LogP contribution is 2.32. The van der Waals surface area contributed by atoms with Crippen LogP contribution in [0.2, 0.25) is 0 Å². The van der Waals surface area contributed by atoms with E-state index in [4.69, 9.17) is 5.73 Å². The van der Waals surface area contributed by atoms with E-state index in [1.165, 1.54) is 4.31 Å². The van der Waals surface area contributed by atoms with Gasteiger partial charge in [-0.25, -0.2) is 8.42 Å². The van der Waals surface area contributed by atoms with Gasteiger partial charge in [0.25, 0.3) is 0 Å². The van der Waals surface area contributed by atoms with Crippen LogP contribution in [0.5, 0.6) is 0 Å². The van der Waals surface area contributed by atoms with Crippen molar-refractivity contribution in [2.75, 3.05) is 13.1 Å². The highest BCUT2D eigenvalue weighted by molar-refractivity contribution is 7.89. The Balaban J connectivity index is 2.03. The summed E-state index contributed by atoms with van der Waals surface area (Å²) in [7, 11) is -3.57. The highest BCUT2D eigenvalue weighted by Gasteiger charge is 2.39. The quantitative estimate of drug-likeness (QED) is 0.902. The van der Waals surface area contributed by atoms with Gasteiger partial charge in [-0.2, -0.15) is 13.1 Å². The molecule has 0 amide bonds. The van der Waals surface area contributed by atoms with Crippen LogP contribution in [0, 0.1) is 5.41 Å². The van der Waals surface area contributed by atoms with E-state index in [0.717, 1.165) is 11.7 Å². The number of nitrogens with zero attached hydrogens (tertiary/aromatic N) is 3. The lowest BCUT2D eigenvalue weighted by Gasteiger charge is -2.41. The summed E-state index contributed by atoms with van der Waals surface area (Å²) in [6, 6.07) is 5.09. The number of sulfonamides is 1. The third kappa shape index (κ3) is 2.46. The lowest BCUT2D eigenvalue weighted by atomic mass is 9.81. The minimum Gasteiger partial charge on any atom is -0.327 e. The normalized spacial score (nSPS) is 23.5. The van der Waals surface area contributed by atoms with Gasteiger partial charge >= 0.3 is 0 Å². The molecule has 2 aromatic rings. The third-order valence-electron chi connectivity index (χ3n) is 4.14. The monoisotopic (exact) mass is 326 g/mol. The lowest BCUT2D eigenvalue weighted by molar-refractivity contribution is 0.155. The van der Waals surface area contributed by atoms with Crippen LogP contribution >= 0.6 is 11.7 Å². The van der Waals surface area contributed by atoms with Gasteiger partial charge in [-0.05, 0) is 24.0 Å². The number of benzene rings is 1. The molecule has 2 heterocycles. The Kier molecular flexibility index (Phi) is 3.52. The Morgan fingerprint density at radius 2 is 2.14 bits per heavy atom. The van der Waals surface area contributed by atoms with E-state index in [2.05, 4.69) is 8.75 Å². The maximum Gasteiger partial charge on any atom is 0.245 e. The predicted molar refractivity (Wildman–Crippen MR) is 82.5 cm³/mol. The van der Waals surface area contributed by atoms with Crippen molar-refractivity contribution in [2.45, 2.75) is 31.2 Å². The van der Waals surface area contributed by atoms with Crippen LogP contribution < -0.4 is 5.73 Å². The second-order valence-electron chi connectivity index (χ2n) is 6.11. The number of hydrogen-bond donors (Lipinski definition) is 1. The predicted octanol–water partition coefficient (Wildman–Crippen LogP) is 1.44. The summed E-state index contributed by atoms with van der Waals surface area (Å²) in [5.41, 5.74) is 6.93. The van der Waals surface area contributed by atoms with Gasteiger partial charge in [0, 0.05) is 19.1 Å². The van der Waals surface area contributed by atoms with Gasteiger partial charge in [-0.1, -0.05) is 19.9 Å². The first-order chi connectivity index (χ1) is 9.82. The smallest absolute Gasteiger partial charge is 0.245 e. The molecule has 0 saturated carbocycles. The Morgan fingerprint density at radius 3 is 2.86 bits per heavy atom. The van der Waals surface area contributed by atoms with Crippen molar-refractivity contribution >= 4 is 32.8 Å². The number of fused-ring (bicyclic) bond motifs is 1. The molecule has 1 aliphatic rings. The van der Waals surface area contributed by atoms with Crippen LogP contribution in [0.15, 0.2) is 23.1 Å². The summed E-state index contributed by atoms with van der Waals surface area (Å²) >= 11 is 1.03. The van der Waals surface area contributed by atoms with Crippen molar-refractivity contribution in [3.63, 3.8) is 0 Å². The molecule has 1 atom stereocenters. The van der Waals surface area contributed by atoms with Crippen LogP contribution in [0.1, 0.15) is 20.3 Å². The number of nitrogens with two attached hydrogens (primary N) is 1. The highest BCUT2D eigenvalue weighted by atomic mass is 32.2. The molecule has 0 radical (unpaired) electrons. The molecule has 3 rings (SSSR count). The van der Waals surface area contributed by atoms with E-state index in [1.807, 2.05) is 13.8 Å². The van der Waals surface area contributed by atoms with Crippen LogP contribution in [0.3, 0.4) is 0 Å². The molecule has 8 heteroatoms. The van der Waals surface area contributed by atoms with Gasteiger partial charge in [-0.3, -0.25) is 0 Å². The van der Waals surface area contributed by atoms with E-state index in [9.17, 15) is 8.42 Å². The average Bonchev–Trinajstić information content (AvgIpc) is 2.89. The van der Waals surface area contributed by atoms with Crippen LogP contribution in [0.4, 0.5) is 0 Å². The number of rotatable bonds is 2. The molecule has 0 bridgehead atoms. The minimum atomic E-state index is -3.57. The zero-order chi connectivity index (χ0) is 15.3. The molecule has 2 N–H and O–H groups in total. The molecule has 1 saturated heterocycles. The topological polar surface area (TPSA) is 89.2 Å². The largest absolute Gasteiger partial charge is 0.327 e. The van der Waals surface area contributed by atoms with Crippen LogP contribution in [0.25, 0.3) is 11.0 Å². The van der Waals surface area contributed by atoms with Gasteiger partial charge in [-0.15, -0.1) is 0 Å². The van der Waals surface area contributed by atoms with Gasteiger partial charge in [0.1, 0.15) is 15.9 Å². The van der Waals surface area contributed by atoms with Crippen molar-refractivity contribution in [2.24, 2.45) is 11.1 Å². The van der Waals surface area contributed by atoms with Gasteiger partial charge in [0.2, 0.25) is 10.0 Å². The zero-order valence-electron chi connectivity index (χ0n) is 12.0. The molecule has 21 heavy (non-hydrogen) atoms. The number of piperidine rings is 1. The standard InChI is InChI=1S/C13H18N4O2S2/c1-13(2)8-17(7-6-11(13)14)21(18,19)10-5-3-4-9-12(10)16-20-15-9/h3-5,11H,6-8,14H2,1-2H3. The van der Waals surface area contributed by atoms with Crippen molar-refractivity contribution < 1.29 is 8.42 Å². The first kappa shape index (κ1) is 14.8. The van der Waals surface area contributed by atoms with Crippen molar-refractivity contribution in [3.8, 4) is 0 Å². The van der Waals surface area contributed by atoms with Crippen molar-refractivity contribution in [3.05, 3.63) is 18.2 Å². The fourth-order valence-corrected chi connectivity index (χ4v) is 5.04. The van der Waals surface area contributed by atoms with Crippen LogP contribution in [-0.4, -0.2) is 40.6 Å². The number of aromatic nitrogens is 2. The third-order valence-corrected chi connectivity index (χ3v) is 6.56. The summed E-state index contributed by atoms with van der Waals surface area (Å²) in [6.45, 7) is 4.87. The Labute approximate surface area is 128 Å². The van der Waals surface area contributed by atoms with E-state index in [0.29, 0.717) is 30.5 Å². The molecule has 114 valence electrons. The molecule has 0 aliphatic carbocycles. The molecular formula is C13H18N4O2S2. The molecule has 1 aliphatic heterocycles. The molecule has 6 nitrogen and oxygen atoms in total. The van der Waals surface area contributed by atoms with E-state index in [1.54, 1.807) is 18.2 Å². The zero-order valence-corrected chi connectivity index (χ0v) is 13.6. The Morgan fingerprint density at radius 1 is 1.38 bits per heavy atom. The molecule has 1 aromatic carbocycles. The lowest BCUT2D eigenvalue weighted by Crippen LogP contribution is -2.53. The summed E-state index contributed by atoms with van der Waals surface area (Å²) in [5, 5.41) is 0. The fraction of sp³-hybridized carbons (Fsp3) is 0.538. The second-order valence-corrected chi connectivity index (χ2v) is 8.55. The maximum absolute atomic E-state index is 12.9.